The molecule has 94 valence electrons. The highest BCUT2D eigenvalue weighted by molar-refractivity contribution is 5.66. The molecule has 5 heteroatoms. The van der Waals surface area contributed by atoms with Gasteiger partial charge in [0.25, 0.3) is 0 Å². The Morgan fingerprint density at radius 2 is 2.24 bits per heavy atom. The van der Waals surface area contributed by atoms with Crippen molar-refractivity contribution >= 4 is 5.97 Å². The van der Waals surface area contributed by atoms with E-state index in [1.807, 2.05) is 6.92 Å². The quantitative estimate of drug-likeness (QED) is 0.836. The van der Waals surface area contributed by atoms with Gasteiger partial charge < -0.3 is 14.8 Å². The van der Waals surface area contributed by atoms with Crippen LogP contribution in [-0.2, 0) is 16.0 Å². The first-order chi connectivity index (χ1) is 8.16. The Bertz CT molecular complexity index is 394. The maximum atomic E-state index is 10.5. The van der Waals surface area contributed by atoms with Gasteiger partial charge in [0, 0.05) is 31.2 Å². The van der Waals surface area contributed by atoms with Crippen LogP contribution in [0.5, 0.6) is 0 Å². The lowest BCUT2D eigenvalue weighted by atomic mass is 9.95. The van der Waals surface area contributed by atoms with Crippen LogP contribution in [0.4, 0.5) is 0 Å². The normalized spacial score (nSPS) is 17.2. The zero-order valence-electron chi connectivity index (χ0n) is 10.0. The van der Waals surface area contributed by atoms with Gasteiger partial charge in [-0.25, -0.2) is 4.98 Å². The standard InChI is InChI=1S/C12H18N2O3/c1-8-12(9-4-6-17-7-5-9)14-10(13-8)2-3-11(15)16/h9H,2-7H2,1H3,(H,13,14)(H,15,16). The molecule has 17 heavy (non-hydrogen) atoms. The van der Waals surface area contributed by atoms with Gasteiger partial charge in [-0.15, -0.1) is 0 Å². The first-order valence-corrected chi connectivity index (χ1v) is 6.01. The second-order valence-corrected chi connectivity index (χ2v) is 4.47. The molecule has 0 aromatic carbocycles. The molecule has 1 aromatic heterocycles. The van der Waals surface area contributed by atoms with Crippen LogP contribution in [0.3, 0.4) is 0 Å². The van der Waals surface area contributed by atoms with E-state index in [0.717, 1.165) is 43.3 Å². The van der Waals surface area contributed by atoms with Crippen molar-refractivity contribution in [2.45, 2.75) is 38.5 Å². The van der Waals surface area contributed by atoms with E-state index in [2.05, 4.69) is 9.97 Å². The average Bonchev–Trinajstić information content (AvgIpc) is 2.69. The molecule has 0 spiro atoms. The second kappa shape index (κ2) is 5.31. The summed E-state index contributed by atoms with van der Waals surface area (Å²) in [6, 6.07) is 0. The molecule has 0 bridgehead atoms. The Morgan fingerprint density at radius 1 is 1.53 bits per heavy atom. The summed E-state index contributed by atoms with van der Waals surface area (Å²) in [7, 11) is 0. The summed E-state index contributed by atoms with van der Waals surface area (Å²) in [6.45, 7) is 3.59. The number of aromatic nitrogens is 2. The fraction of sp³-hybridized carbons (Fsp3) is 0.667. The molecule has 1 aliphatic rings. The largest absolute Gasteiger partial charge is 0.481 e. The van der Waals surface area contributed by atoms with Gasteiger partial charge in [0.1, 0.15) is 5.82 Å². The number of hydrogen-bond donors (Lipinski definition) is 2. The third-order valence-electron chi connectivity index (χ3n) is 3.16. The number of aliphatic carboxylic acids is 1. The molecule has 5 nitrogen and oxygen atoms in total. The first-order valence-electron chi connectivity index (χ1n) is 6.01. The minimum Gasteiger partial charge on any atom is -0.481 e. The number of aromatic amines is 1. The Kier molecular flexibility index (Phi) is 3.78. The Hall–Kier alpha value is -1.36. The van der Waals surface area contributed by atoms with Crippen LogP contribution in [-0.4, -0.2) is 34.3 Å². The minimum absolute atomic E-state index is 0.125. The monoisotopic (exact) mass is 238 g/mol. The highest BCUT2D eigenvalue weighted by Crippen LogP contribution is 2.27. The third-order valence-corrected chi connectivity index (χ3v) is 3.16. The number of H-pyrrole nitrogens is 1. The third kappa shape index (κ3) is 3.06. The van der Waals surface area contributed by atoms with Crippen molar-refractivity contribution in [2.24, 2.45) is 0 Å². The van der Waals surface area contributed by atoms with Crippen molar-refractivity contribution in [1.82, 2.24) is 9.97 Å². The molecule has 2 rings (SSSR count). The van der Waals surface area contributed by atoms with E-state index in [1.165, 1.54) is 0 Å². The Morgan fingerprint density at radius 3 is 2.88 bits per heavy atom. The lowest BCUT2D eigenvalue weighted by Gasteiger charge is -2.20. The topological polar surface area (TPSA) is 75.2 Å². The van der Waals surface area contributed by atoms with Gasteiger partial charge >= 0.3 is 5.97 Å². The zero-order valence-corrected chi connectivity index (χ0v) is 10.0. The number of rotatable bonds is 4. The molecule has 1 saturated heterocycles. The number of hydrogen-bond acceptors (Lipinski definition) is 3. The number of nitrogens with zero attached hydrogens (tertiary/aromatic N) is 1. The number of imidazole rings is 1. The van der Waals surface area contributed by atoms with E-state index >= 15 is 0 Å². The number of carboxylic acids is 1. The molecule has 0 amide bonds. The number of carboxylic acid groups (broad SMARTS) is 1. The molecule has 2 N–H and O–H groups in total. The molecule has 0 unspecified atom stereocenters. The van der Waals surface area contributed by atoms with E-state index in [9.17, 15) is 4.79 Å². The Labute approximate surface area is 100 Å². The maximum Gasteiger partial charge on any atom is 0.303 e. The number of aryl methyl sites for hydroxylation is 2. The number of ether oxygens (including phenoxy) is 1. The average molecular weight is 238 g/mol. The van der Waals surface area contributed by atoms with Gasteiger partial charge in [0.2, 0.25) is 0 Å². The molecule has 1 fully saturated rings. The zero-order chi connectivity index (χ0) is 12.3. The van der Waals surface area contributed by atoms with Crippen molar-refractivity contribution in [3.8, 4) is 0 Å². The van der Waals surface area contributed by atoms with Crippen LogP contribution < -0.4 is 0 Å². The van der Waals surface area contributed by atoms with Crippen molar-refractivity contribution in [1.29, 1.82) is 0 Å². The highest BCUT2D eigenvalue weighted by atomic mass is 16.5. The lowest BCUT2D eigenvalue weighted by Crippen LogP contribution is -2.15. The molecule has 1 aliphatic heterocycles. The van der Waals surface area contributed by atoms with Gasteiger partial charge in [-0.3, -0.25) is 4.79 Å². The molecule has 2 heterocycles. The summed E-state index contributed by atoms with van der Waals surface area (Å²) in [5, 5.41) is 8.64. The molecule has 1 aromatic rings. The summed E-state index contributed by atoms with van der Waals surface area (Å²) in [4.78, 5) is 18.2. The second-order valence-electron chi connectivity index (χ2n) is 4.47. The number of nitrogens with one attached hydrogen (secondary N) is 1. The molecule has 0 atom stereocenters. The highest BCUT2D eigenvalue weighted by Gasteiger charge is 2.21. The molecular weight excluding hydrogens is 220 g/mol. The minimum atomic E-state index is -0.785. The summed E-state index contributed by atoms with van der Waals surface area (Å²) in [5.41, 5.74) is 2.16. The Balaban J connectivity index is 2.04. The van der Waals surface area contributed by atoms with Crippen LogP contribution in [0, 0.1) is 6.92 Å². The summed E-state index contributed by atoms with van der Waals surface area (Å²) < 4.78 is 5.33. The van der Waals surface area contributed by atoms with E-state index in [0.29, 0.717) is 12.3 Å². The predicted molar refractivity (Wildman–Crippen MR) is 62.1 cm³/mol. The smallest absolute Gasteiger partial charge is 0.303 e. The predicted octanol–water partition coefficient (Wildman–Crippen LogP) is 1.63. The maximum absolute atomic E-state index is 10.5. The molecule has 0 radical (unpaired) electrons. The van der Waals surface area contributed by atoms with Crippen molar-refractivity contribution < 1.29 is 14.6 Å². The number of carbonyl (C=O) groups is 1. The summed E-state index contributed by atoms with van der Waals surface area (Å²) in [5.74, 6) is 0.455. The van der Waals surface area contributed by atoms with Gasteiger partial charge in [0.15, 0.2) is 0 Å². The van der Waals surface area contributed by atoms with Crippen LogP contribution in [0.15, 0.2) is 0 Å². The van der Waals surface area contributed by atoms with Crippen LogP contribution in [0.25, 0.3) is 0 Å². The van der Waals surface area contributed by atoms with E-state index in [-0.39, 0.29) is 6.42 Å². The molecular formula is C12H18N2O3. The SMILES string of the molecule is Cc1[nH]c(CCC(=O)O)nc1C1CCOCC1. The van der Waals surface area contributed by atoms with Crippen molar-refractivity contribution in [3.63, 3.8) is 0 Å². The van der Waals surface area contributed by atoms with Crippen LogP contribution >= 0.6 is 0 Å². The first kappa shape index (κ1) is 12.1. The van der Waals surface area contributed by atoms with E-state index < -0.39 is 5.97 Å². The van der Waals surface area contributed by atoms with Gasteiger partial charge in [-0.05, 0) is 19.8 Å². The van der Waals surface area contributed by atoms with E-state index in [4.69, 9.17) is 9.84 Å². The molecule has 0 saturated carbocycles. The van der Waals surface area contributed by atoms with Crippen LogP contribution in [0.1, 0.15) is 42.4 Å². The van der Waals surface area contributed by atoms with Crippen molar-refractivity contribution in [2.75, 3.05) is 13.2 Å². The van der Waals surface area contributed by atoms with E-state index in [1.54, 1.807) is 0 Å². The van der Waals surface area contributed by atoms with Gasteiger partial charge in [-0.2, -0.15) is 0 Å². The fourth-order valence-corrected chi connectivity index (χ4v) is 2.25. The fourth-order valence-electron chi connectivity index (χ4n) is 2.25. The van der Waals surface area contributed by atoms with Crippen LogP contribution in [0.2, 0.25) is 0 Å². The summed E-state index contributed by atoms with van der Waals surface area (Å²) >= 11 is 0. The van der Waals surface area contributed by atoms with Crippen molar-refractivity contribution in [3.05, 3.63) is 17.2 Å². The molecule has 0 aliphatic carbocycles. The lowest BCUT2D eigenvalue weighted by molar-refractivity contribution is -0.137. The van der Waals surface area contributed by atoms with Gasteiger partial charge in [-0.1, -0.05) is 0 Å². The summed E-state index contributed by atoms with van der Waals surface area (Å²) in [6.07, 6.45) is 2.60. The van der Waals surface area contributed by atoms with Gasteiger partial charge in [0.05, 0.1) is 12.1 Å².